The number of hydrogen-bond acceptors (Lipinski definition) is 6. The number of imidazole rings is 1. The molecular weight excluding hydrogens is 425 g/mol. The maximum absolute atomic E-state index is 12.7. The molecular formula is C20H15Cl2N7O. The number of halogens is 2. The summed E-state index contributed by atoms with van der Waals surface area (Å²) in [6.45, 7) is 2.51. The number of hydrogen-bond donors (Lipinski definition) is 2. The number of carbonyl (C=O) groups excluding carboxylic acids is 1. The van der Waals surface area contributed by atoms with Crippen molar-refractivity contribution >= 4 is 40.6 Å². The lowest BCUT2D eigenvalue weighted by Gasteiger charge is -2.31. The van der Waals surface area contributed by atoms with Gasteiger partial charge >= 0.3 is 0 Å². The largest absolute Gasteiger partial charge is 0.381 e. The van der Waals surface area contributed by atoms with Gasteiger partial charge in [-0.05, 0) is 30.7 Å². The number of aliphatic imine (C=N–C) groups is 1. The minimum absolute atomic E-state index is 0.0527. The monoisotopic (exact) mass is 439 g/mol. The molecule has 1 aliphatic heterocycles. The van der Waals surface area contributed by atoms with E-state index in [4.69, 9.17) is 34.2 Å². The molecule has 3 aromatic rings. The van der Waals surface area contributed by atoms with Gasteiger partial charge in [-0.25, -0.2) is 9.97 Å². The second-order valence-corrected chi connectivity index (χ2v) is 7.76. The number of nitriles is 1. The standard InChI is InChI=1S/C20H15Cl2N7O/c1-20(10-29-6-5-25-18(29)17(24)28-20)11-3-2-4-12(7-11)26-19(30)16-14(22)8-13(21)15(9-23)27-16/h2-8H,10H2,1H3,(H2,24,28)(H,26,30). The van der Waals surface area contributed by atoms with Crippen LogP contribution in [-0.4, -0.2) is 26.3 Å². The number of amides is 1. The Morgan fingerprint density at radius 2 is 2.13 bits per heavy atom. The third-order valence-electron chi connectivity index (χ3n) is 4.78. The smallest absolute Gasteiger partial charge is 0.275 e. The van der Waals surface area contributed by atoms with Gasteiger partial charge in [-0.1, -0.05) is 35.3 Å². The summed E-state index contributed by atoms with van der Waals surface area (Å²) >= 11 is 12.0. The molecule has 8 nitrogen and oxygen atoms in total. The second-order valence-electron chi connectivity index (χ2n) is 6.95. The summed E-state index contributed by atoms with van der Waals surface area (Å²) in [5.74, 6) is 0.428. The maximum Gasteiger partial charge on any atom is 0.275 e. The highest BCUT2D eigenvalue weighted by atomic mass is 35.5. The quantitative estimate of drug-likeness (QED) is 0.647. The van der Waals surface area contributed by atoms with E-state index in [9.17, 15) is 4.79 Å². The highest BCUT2D eigenvalue weighted by Crippen LogP contribution is 2.33. The van der Waals surface area contributed by atoms with Crippen molar-refractivity contribution in [1.29, 1.82) is 5.26 Å². The minimum Gasteiger partial charge on any atom is -0.381 e. The SMILES string of the molecule is CC1(c2cccc(NC(=O)c3nc(C#N)c(Cl)cc3Cl)c2)Cn2ccnc2C(N)=N1. The fourth-order valence-electron chi connectivity index (χ4n) is 3.34. The molecule has 150 valence electrons. The number of anilines is 1. The number of rotatable bonds is 3. The Hall–Kier alpha value is -3.41. The van der Waals surface area contributed by atoms with Crippen molar-refractivity contribution in [3.8, 4) is 6.07 Å². The first kappa shape index (κ1) is 19.9. The second kappa shape index (κ2) is 7.44. The minimum atomic E-state index is -0.636. The zero-order valence-corrected chi connectivity index (χ0v) is 17.2. The molecule has 1 unspecified atom stereocenters. The molecule has 0 saturated heterocycles. The summed E-state index contributed by atoms with van der Waals surface area (Å²) in [5, 5.41) is 12.0. The van der Waals surface area contributed by atoms with Gasteiger partial charge in [0.1, 0.15) is 17.3 Å². The maximum atomic E-state index is 12.7. The lowest BCUT2D eigenvalue weighted by atomic mass is 9.91. The molecule has 1 aliphatic rings. The summed E-state index contributed by atoms with van der Waals surface area (Å²) in [5.41, 5.74) is 6.68. The van der Waals surface area contributed by atoms with Crippen LogP contribution in [0.4, 0.5) is 5.69 Å². The van der Waals surface area contributed by atoms with Gasteiger partial charge in [-0.3, -0.25) is 9.79 Å². The van der Waals surface area contributed by atoms with Gasteiger partial charge in [-0.15, -0.1) is 0 Å². The molecule has 1 amide bonds. The lowest BCUT2D eigenvalue weighted by Crippen LogP contribution is -2.37. The van der Waals surface area contributed by atoms with E-state index in [0.29, 0.717) is 23.9 Å². The van der Waals surface area contributed by atoms with Gasteiger partial charge in [0.15, 0.2) is 17.4 Å². The van der Waals surface area contributed by atoms with Crippen molar-refractivity contribution in [3.05, 3.63) is 75.5 Å². The first-order valence-corrected chi connectivity index (χ1v) is 9.61. The number of fused-ring (bicyclic) bond motifs is 1. The van der Waals surface area contributed by atoms with Crippen molar-refractivity contribution in [1.82, 2.24) is 14.5 Å². The lowest BCUT2D eigenvalue weighted by molar-refractivity contribution is 0.102. The van der Waals surface area contributed by atoms with Gasteiger partial charge in [0.2, 0.25) is 0 Å². The van der Waals surface area contributed by atoms with E-state index in [0.717, 1.165) is 5.56 Å². The summed E-state index contributed by atoms with van der Waals surface area (Å²) < 4.78 is 1.94. The molecule has 0 aliphatic carbocycles. The fraction of sp³-hybridized carbons (Fsp3) is 0.150. The Balaban J connectivity index is 1.63. The van der Waals surface area contributed by atoms with Crippen LogP contribution < -0.4 is 11.1 Å². The van der Waals surface area contributed by atoms with Crippen molar-refractivity contribution in [3.63, 3.8) is 0 Å². The average Bonchev–Trinajstić information content (AvgIpc) is 3.17. The number of aromatic nitrogens is 3. The van der Waals surface area contributed by atoms with E-state index in [1.165, 1.54) is 6.07 Å². The molecule has 1 aromatic carbocycles. The highest BCUT2D eigenvalue weighted by molar-refractivity contribution is 6.37. The summed E-state index contributed by atoms with van der Waals surface area (Å²) in [4.78, 5) is 25.5. The van der Waals surface area contributed by atoms with Crippen LogP contribution in [0.2, 0.25) is 10.0 Å². The Kier molecular flexibility index (Phi) is 4.94. The first-order chi connectivity index (χ1) is 14.3. The molecule has 4 rings (SSSR count). The highest BCUT2D eigenvalue weighted by Gasteiger charge is 2.32. The normalized spacial score (nSPS) is 17.6. The molecule has 0 saturated carbocycles. The van der Waals surface area contributed by atoms with Crippen LogP contribution in [0, 0.1) is 11.3 Å². The number of nitrogens with one attached hydrogen (secondary N) is 1. The van der Waals surface area contributed by atoms with Gasteiger partial charge in [-0.2, -0.15) is 5.26 Å². The number of amidine groups is 1. The number of nitrogens with two attached hydrogens (primary N) is 1. The Bertz CT molecular complexity index is 1240. The molecule has 2 aromatic heterocycles. The van der Waals surface area contributed by atoms with E-state index >= 15 is 0 Å². The predicted molar refractivity (Wildman–Crippen MR) is 114 cm³/mol. The topological polar surface area (TPSA) is 122 Å². The van der Waals surface area contributed by atoms with Crippen molar-refractivity contribution in [2.24, 2.45) is 10.7 Å². The average molecular weight is 440 g/mol. The Labute approximate surface area is 182 Å². The van der Waals surface area contributed by atoms with Gasteiger partial charge in [0.05, 0.1) is 16.6 Å². The molecule has 3 heterocycles. The van der Waals surface area contributed by atoms with Gasteiger partial charge < -0.3 is 15.6 Å². The van der Waals surface area contributed by atoms with Crippen LogP contribution in [0.5, 0.6) is 0 Å². The summed E-state index contributed by atoms with van der Waals surface area (Å²) in [6.07, 6.45) is 3.53. The molecule has 10 heteroatoms. The van der Waals surface area contributed by atoms with Crippen molar-refractivity contribution in [2.75, 3.05) is 5.32 Å². The number of pyridine rings is 1. The van der Waals surface area contributed by atoms with E-state index in [-0.39, 0.29) is 21.4 Å². The molecule has 1 atom stereocenters. The number of benzene rings is 1. The fourth-order valence-corrected chi connectivity index (χ4v) is 3.82. The molecule has 0 spiro atoms. The van der Waals surface area contributed by atoms with Crippen molar-refractivity contribution in [2.45, 2.75) is 19.0 Å². The summed E-state index contributed by atoms with van der Waals surface area (Å²) in [7, 11) is 0. The zero-order chi connectivity index (χ0) is 21.5. The van der Waals surface area contributed by atoms with Gasteiger partial charge in [0.25, 0.3) is 5.91 Å². The third-order valence-corrected chi connectivity index (χ3v) is 5.36. The molecule has 0 fully saturated rings. The molecule has 30 heavy (non-hydrogen) atoms. The predicted octanol–water partition coefficient (Wildman–Crippen LogP) is 3.34. The van der Waals surface area contributed by atoms with Crippen LogP contribution in [0.1, 0.15) is 34.5 Å². The zero-order valence-electron chi connectivity index (χ0n) is 15.7. The molecule has 3 N–H and O–H groups in total. The molecule has 0 bridgehead atoms. The number of nitrogens with zero attached hydrogens (tertiary/aromatic N) is 5. The van der Waals surface area contributed by atoms with Crippen LogP contribution in [0.15, 0.2) is 47.7 Å². The van der Waals surface area contributed by atoms with Crippen LogP contribution in [0.3, 0.4) is 0 Å². The van der Waals surface area contributed by atoms with Crippen LogP contribution in [0.25, 0.3) is 0 Å². The van der Waals surface area contributed by atoms with E-state index in [1.807, 2.05) is 42.0 Å². The van der Waals surface area contributed by atoms with E-state index < -0.39 is 11.4 Å². The number of carbonyl (C=O) groups is 1. The van der Waals surface area contributed by atoms with Crippen molar-refractivity contribution < 1.29 is 4.79 Å². The van der Waals surface area contributed by atoms with Crippen LogP contribution >= 0.6 is 23.2 Å². The van der Waals surface area contributed by atoms with Gasteiger partial charge in [0, 0.05) is 18.1 Å². The van der Waals surface area contributed by atoms with E-state index in [1.54, 1.807) is 12.3 Å². The first-order valence-electron chi connectivity index (χ1n) is 8.85. The third kappa shape index (κ3) is 3.49. The van der Waals surface area contributed by atoms with Crippen LogP contribution in [-0.2, 0) is 12.1 Å². The summed E-state index contributed by atoms with van der Waals surface area (Å²) in [6, 6.07) is 10.4. The Morgan fingerprint density at radius 3 is 2.90 bits per heavy atom. The molecule has 0 radical (unpaired) electrons. The Morgan fingerprint density at radius 1 is 1.33 bits per heavy atom. The van der Waals surface area contributed by atoms with E-state index in [2.05, 4.69) is 20.3 Å².